The number of nitrogens with zero attached hydrogens (tertiary/aromatic N) is 2. The predicted molar refractivity (Wildman–Crippen MR) is 242 cm³/mol. The van der Waals surface area contributed by atoms with Crippen LogP contribution in [-0.4, -0.2) is 49.4 Å². The van der Waals surface area contributed by atoms with Crippen molar-refractivity contribution in [2.24, 2.45) is 22.7 Å². The first-order valence-corrected chi connectivity index (χ1v) is 24.2. The van der Waals surface area contributed by atoms with Gasteiger partial charge < -0.3 is 14.6 Å². The maximum atomic E-state index is 12.4. The number of benzene rings is 2. The van der Waals surface area contributed by atoms with Crippen molar-refractivity contribution in [3.8, 4) is 0 Å². The summed E-state index contributed by atoms with van der Waals surface area (Å²) in [5.74, 6) is 2.54. The highest BCUT2D eigenvalue weighted by atomic mass is 16.5. The third-order valence-electron chi connectivity index (χ3n) is 19.3. The van der Waals surface area contributed by atoms with Crippen LogP contribution in [0.5, 0.6) is 0 Å². The first kappa shape index (κ1) is 38.2. The molecular formula is C56H60N2O4. The van der Waals surface area contributed by atoms with Gasteiger partial charge in [-0.3, -0.25) is 14.8 Å². The fourth-order valence-corrected chi connectivity index (χ4v) is 16.3. The monoisotopic (exact) mass is 824 g/mol. The largest absolute Gasteiger partial charge is 0.393 e. The summed E-state index contributed by atoms with van der Waals surface area (Å²) in [6.45, 7) is 5.03. The molecule has 10 aliphatic rings. The molecule has 4 bridgehead atoms. The van der Waals surface area contributed by atoms with Crippen LogP contribution >= 0.6 is 0 Å². The second kappa shape index (κ2) is 13.2. The van der Waals surface area contributed by atoms with E-state index < -0.39 is 0 Å². The zero-order valence-electron chi connectivity index (χ0n) is 36.5. The number of rotatable bonds is 2. The number of pyridine rings is 2. The fraction of sp³-hybridized carbons (Fsp3) is 0.518. The summed E-state index contributed by atoms with van der Waals surface area (Å²) in [5, 5.41) is 15.5. The lowest BCUT2D eigenvalue weighted by molar-refractivity contribution is -0.146. The fourth-order valence-electron chi connectivity index (χ4n) is 16.3. The molecule has 2 aromatic carbocycles. The Labute approximate surface area is 366 Å². The standard InChI is InChI=1S/C28H31NO2.C28H29NO2/c2*1-26-10-8-22-15-21-4-5-23(30)16-27(21)11-12-28(22,31-27)25(26)7-6-24(26)19-3-2-18-9-13-29-17-20(18)14-19/h2-3,8-9,13-15,17,23-25,30H,4-7,10-12,16H2,1H3;2-3,8-9,13-15,17,24-25H,4-7,10-12,16H2,1H3/t23-,24-,25-,26-,27?,28-;24-,25-,26-,27?,28-/m11/s1. The first-order chi connectivity index (χ1) is 30.0. The first-order valence-electron chi connectivity index (χ1n) is 24.2. The normalized spacial score (nSPS) is 41.9. The predicted octanol–water partition coefficient (Wildman–Crippen LogP) is 11.9. The lowest BCUT2D eigenvalue weighted by atomic mass is 9.58. The number of aliphatic hydroxyl groups is 1. The van der Waals surface area contributed by atoms with Crippen LogP contribution in [0.4, 0.5) is 0 Å². The van der Waals surface area contributed by atoms with Gasteiger partial charge in [0.25, 0.3) is 0 Å². The van der Waals surface area contributed by atoms with Crippen LogP contribution in [0.1, 0.15) is 140 Å². The molecule has 62 heavy (non-hydrogen) atoms. The molecule has 318 valence electrons. The molecule has 6 heteroatoms. The number of carbonyl (C=O) groups excluding carboxylic acids is 1. The van der Waals surface area contributed by atoms with E-state index in [9.17, 15) is 9.90 Å². The lowest BCUT2D eigenvalue weighted by Gasteiger charge is -2.54. The van der Waals surface area contributed by atoms with E-state index in [0.717, 1.165) is 64.2 Å². The van der Waals surface area contributed by atoms with Gasteiger partial charge in [0.2, 0.25) is 0 Å². The van der Waals surface area contributed by atoms with Crippen molar-refractivity contribution >= 4 is 27.3 Å². The topological polar surface area (TPSA) is 81.5 Å². The summed E-state index contributed by atoms with van der Waals surface area (Å²) in [6, 6.07) is 18.2. The number of fused-ring (bicyclic) bond motifs is 4. The maximum absolute atomic E-state index is 12.4. The lowest BCUT2D eigenvalue weighted by Crippen LogP contribution is -2.54. The van der Waals surface area contributed by atoms with Crippen molar-refractivity contribution in [2.75, 3.05) is 0 Å². The number of aliphatic hydroxyl groups excluding tert-OH is 1. The molecular weight excluding hydrogens is 765 g/mol. The van der Waals surface area contributed by atoms with Crippen LogP contribution in [-0.2, 0) is 14.3 Å². The summed E-state index contributed by atoms with van der Waals surface area (Å²) in [5.41, 5.74) is 8.24. The highest BCUT2D eigenvalue weighted by molar-refractivity contribution is 5.84. The Morgan fingerprint density at radius 3 is 1.76 bits per heavy atom. The van der Waals surface area contributed by atoms with Gasteiger partial charge in [-0.25, -0.2) is 0 Å². The molecule has 2 saturated heterocycles. The highest BCUT2D eigenvalue weighted by Crippen LogP contribution is 2.71. The van der Waals surface area contributed by atoms with Gasteiger partial charge in [0.15, 0.2) is 0 Å². The summed E-state index contributed by atoms with van der Waals surface area (Å²) >= 11 is 0. The molecule has 0 amide bonds. The van der Waals surface area contributed by atoms with Crippen molar-refractivity contribution in [3.63, 3.8) is 0 Å². The minimum atomic E-state index is -0.294. The van der Waals surface area contributed by atoms with E-state index in [1.807, 2.05) is 24.8 Å². The van der Waals surface area contributed by atoms with Crippen molar-refractivity contribution in [2.45, 2.75) is 157 Å². The van der Waals surface area contributed by atoms with E-state index in [4.69, 9.17) is 9.47 Å². The van der Waals surface area contributed by atoms with Crippen molar-refractivity contribution in [1.29, 1.82) is 0 Å². The highest BCUT2D eigenvalue weighted by Gasteiger charge is 2.68. The molecule has 6 aliphatic carbocycles. The van der Waals surface area contributed by atoms with Crippen molar-refractivity contribution < 1.29 is 19.4 Å². The molecule has 4 aromatic rings. The number of ether oxygens (including phenoxy) is 2. The molecule has 1 N–H and O–H groups in total. The van der Waals surface area contributed by atoms with Gasteiger partial charge in [-0.1, -0.05) is 62.4 Å². The van der Waals surface area contributed by atoms with Crippen molar-refractivity contribution in [1.82, 2.24) is 9.97 Å². The number of ketones is 1. The van der Waals surface area contributed by atoms with Crippen LogP contribution in [0, 0.1) is 22.7 Å². The van der Waals surface area contributed by atoms with Gasteiger partial charge in [-0.2, -0.15) is 0 Å². The SMILES string of the molecule is C[C@]12CC=C3C=C4CCC(=O)CC45CC[C@]3(O5)[C@@H]1CC[C@@H]2c1ccc2ccncc2c1.C[C@]12CC=C3C=C4CC[C@@H](O)CC45CC[C@]3(O5)[C@@H]1CC[C@@H]2c1ccc2ccncc2c1. The smallest absolute Gasteiger partial charge is 0.136 e. The van der Waals surface area contributed by atoms with Gasteiger partial charge in [-0.05, 0) is 186 Å². The van der Waals surface area contributed by atoms with Crippen LogP contribution < -0.4 is 0 Å². The molecule has 11 atom stereocenters. The van der Waals surface area contributed by atoms with E-state index in [2.05, 4.69) is 96.7 Å². The van der Waals surface area contributed by atoms with Crippen LogP contribution in [0.15, 0.2) is 120 Å². The van der Waals surface area contributed by atoms with E-state index in [0.29, 0.717) is 42.3 Å². The molecule has 4 aliphatic heterocycles. The van der Waals surface area contributed by atoms with E-state index in [1.54, 1.807) is 0 Å². The summed E-state index contributed by atoms with van der Waals surface area (Å²) in [7, 11) is 0. The Bertz CT molecular complexity index is 2710. The van der Waals surface area contributed by atoms with E-state index in [-0.39, 0.29) is 39.3 Å². The Morgan fingerprint density at radius 1 is 0.613 bits per heavy atom. The molecule has 4 spiro atoms. The van der Waals surface area contributed by atoms with Crippen LogP contribution in [0.3, 0.4) is 0 Å². The minimum absolute atomic E-state index is 0.138. The second-order valence-electron chi connectivity index (χ2n) is 22.0. The maximum Gasteiger partial charge on any atom is 0.136 e. The third kappa shape index (κ3) is 5.18. The number of hydrogen-bond acceptors (Lipinski definition) is 6. The zero-order chi connectivity index (χ0) is 41.7. The van der Waals surface area contributed by atoms with E-state index >= 15 is 0 Å². The Kier molecular flexibility index (Phi) is 8.13. The van der Waals surface area contributed by atoms with Gasteiger partial charge in [0.1, 0.15) is 5.78 Å². The van der Waals surface area contributed by atoms with Gasteiger partial charge >= 0.3 is 0 Å². The Hall–Kier alpha value is -4.23. The molecule has 6 nitrogen and oxygen atoms in total. The Morgan fingerprint density at radius 2 is 1.16 bits per heavy atom. The molecule has 4 saturated carbocycles. The number of hydrogen-bond donors (Lipinski definition) is 1. The molecule has 6 heterocycles. The van der Waals surface area contributed by atoms with Crippen molar-refractivity contribution in [3.05, 3.63) is 131 Å². The van der Waals surface area contributed by atoms with Crippen LogP contribution in [0.25, 0.3) is 21.5 Å². The number of aromatic nitrogens is 2. The third-order valence-corrected chi connectivity index (χ3v) is 19.3. The summed E-state index contributed by atoms with van der Waals surface area (Å²) in [6.07, 6.45) is 33.7. The average Bonchev–Trinajstić information content (AvgIpc) is 4.01. The number of carbonyl (C=O) groups is 1. The molecule has 0 radical (unpaired) electrons. The van der Waals surface area contributed by atoms with Gasteiger partial charge in [0.05, 0.1) is 28.5 Å². The molecule has 14 rings (SSSR count). The molecule has 6 fully saturated rings. The van der Waals surface area contributed by atoms with Gasteiger partial charge in [-0.15, -0.1) is 0 Å². The minimum Gasteiger partial charge on any atom is -0.393 e. The van der Waals surface area contributed by atoms with Gasteiger partial charge in [0, 0.05) is 54.8 Å². The summed E-state index contributed by atoms with van der Waals surface area (Å²) in [4.78, 5) is 21.1. The van der Waals surface area contributed by atoms with E-state index in [1.165, 1.54) is 80.6 Å². The molecule has 2 unspecified atom stereocenters. The zero-order valence-corrected chi connectivity index (χ0v) is 36.5. The van der Waals surface area contributed by atoms with Crippen LogP contribution in [0.2, 0.25) is 0 Å². The quantitative estimate of drug-likeness (QED) is 0.217. The summed E-state index contributed by atoms with van der Waals surface area (Å²) < 4.78 is 14.3. The number of allylic oxidation sites excluding steroid dienone is 2. The number of Topliss-reactive ketones (excluding diaryl/α,β-unsaturated/α-hetero) is 1. The average molecular weight is 825 g/mol. The molecule has 2 aromatic heterocycles. The Balaban J connectivity index is 0.000000126. The second-order valence-corrected chi connectivity index (χ2v) is 22.0.